The van der Waals surface area contributed by atoms with Gasteiger partial charge in [-0.15, -0.1) is 0 Å². The fraction of sp³-hybridized carbons (Fsp3) is 0.250. The van der Waals surface area contributed by atoms with E-state index in [1.807, 2.05) is 0 Å². The molecule has 24 heavy (non-hydrogen) atoms. The van der Waals surface area contributed by atoms with Crippen LogP contribution in [0.25, 0.3) is 5.95 Å². The molecule has 8 heteroatoms. The van der Waals surface area contributed by atoms with Crippen molar-refractivity contribution in [1.82, 2.24) is 19.7 Å². The van der Waals surface area contributed by atoms with Gasteiger partial charge in [-0.3, -0.25) is 14.6 Å². The lowest BCUT2D eigenvalue weighted by Crippen LogP contribution is -2.19. The molecule has 0 bridgehead atoms. The van der Waals surface area contributed by atoms with Gasteiger partial charge in [-0.05, 0) is 33.8 Å². The molecular weight excluding hydrogens is 310 g/mol. The summed E-state index contributed by atoms with van der Waals surface area (Å²) in [6.45, 7) is 7.00. The summed E-state index contributed by atoms with van der Waals surface area (Å²) in [6, 6.07) is 4.75. The summed E-state index contributed by atoms with van der Waals surface area (Å²) >= 11 is 0. The number of aromatic nitrogens is 4. The molecule has 0 atom stereocenters. The van der Waals surface area contributed by atoms with Gasteiger partial charge in [0.25, 0.3) is 11.5 Å². The molecule has 3 rings (SSSR count). The first-order chi connectivity index (χ1) is 11.3. The molecule has 3 aromatic rings. The molecule has 0 aliphatic heterocycles. The van der Waals surface area contributed by atoms with Crippen LogP contribution in [-0.4, -0.2) is 25.7 Å². The van der Waals surface area contributed by atoms with Crippen LogP contribution in [0, 0.1) is 27.7 Å². The molecule has 0 aliphatic carbocycles. The van der Waals surface area contributed by atoms with E-state index in [4.69, 9.17) is 4.42 Å². The predicted octanol–water partition coefficient (Wildman–Crippen LogP) is 2.03. The maximum atomic E-state index is 12.5. The Kier molecular flexibility index (Phi) is 3.80. The second-order valence-electron chi connectivity index (χ2n) is 5.57. The second-order valence-corrected chi connectivity index (χ2v) is 5.57. The molecule has 0 fully saturated rings. The molecule has 0 aromatic carbocycles. The first kappa shape index (κ1) is 15.7. The molecule has 0 aliphatic rings. The number of rotatable bonds is 3. The molecule has 3 aromatic heterocycles. The lowest BCUT2D eigenvalue weighted by molar-refractivity contribution is 0.102. The van der Waals surface area contributed by atoms with Gasteiger partial charge in [0.05, 0.1) is 11.3 Å². The van der Waals surface area contributed by atoms with Crippen LogP contribution in [0.2, 0.25) is 0 Å². The average Bonchev–Trinajstić information content (AvgIpc) is 3.00. The van der Waals surface area contributed by atoms with Crippen LogP contribution in [-0.2, 0) is 0 Å². The number of aromatic amines is 1. The van der Waals surface area contributed by atoms with Crippen molar-refractivity contribution in [2.75, 3.05) is 5.32 Å². The van der Waals surface area contributed by atoms with E-state index < -0.39 is 0 Å². The van der Waals surface area contributed by atoms with Crippen molar-refractivity contribution in [3.8, 4) is 5.95 Å². The summed E-state index contributed by atoms with van der Waals surface area (Å²) in [7, 11) is 0. The molecular formula is C16H17N5O3. The highest BCUT2D eigenvalue weighted by Crippen LogP contribution is 2.18. The monoisotopic (exact) mass is 327 g/mol. The van der Waals surface area contributed by atoms with Gasteiger partial charge in [-0.2, -0.15) is 9.78 Å². The van der Waals surface area contributed by atoms with E-state index in [-0.39, 0.29) is 17.4 Å². The Labute approximate surface area is 137 Å². The Morgan fingerprint density at radius 2 is 1.92 bits per heavy atom. The molecule has 3 heterocycles. The zero-order chi connectivity index (χ0) is 17.4. The van der Waals surface area contributed by atoms with Gasteiger partial charge in [0.15, 0.2) is 0 Å². The number of amides is 1. The summed E-state index contributed by atoms with van der Waals surface area (Å²) in [4.78, 5) is 31.0. The van der Waals surface area contributed by atoms with E-state index in [9.17, 15) is 9.59 Å². The Hall–Kier alpha value is -3.16. The fourth-order valence-electron chi connectivity index (χ4n) is 2.45. The number of hydrogen-bond acceptors (Lipinski definition) is 5. The summed E-state index contributed by atoms with van der Waals surface area (Å²) in [5, 5.41) is 7.06. The van der Waals surface area contributed by atoms with Gasteiger partial charge in [-0.25, -0.2) is 4.98 Å². The third-order valence-corrected chi connectivity index (χ3v) is 3.42. The van der Waals surface area contributed by atoms with Crippen LogP contribution in [0.5, 0.6) is 0 Å². The minimum Gasteiger partial charge on any atom is -0.466 e. The maximum Gasteiger partial charge on any atom is 0.260 e. The minimum absolute atomic E-state index is 0.239. The topological polar surface area (TPSA) is 106 Å². The number of carbonyl (C=O) groups excluding carboxylic acids is 1. The summed E-state index contributed by atoms with van der Waals surface area (Å²) in [5.41, 5.74) is 1.39. The number of H-pyrrole nitrogens is 1. The number of anilines is 1. The van der Waals surface area contributed by atoms with E-state index in [2.05, 4.69) is 20.4 Å². The van der Waals surface area contributed by atoms with Gasteiger partial charge >= 0.3 is 0 Å². The van der Waals surface area contributed by atoms with Crippen LogP contribution in [0.1, 0.15) is 33.3 Å². The van der Waals surface area contributed by atoms with Crippen molar-refractivity contribution in [3.63, 3.8) is 0 Å². The van der Waals surface area contributed by atoms with E-state index >= 15 is 0 Å². The molecule has 0 spiro atoms. The van der Waals surface area contributed by atoms with E-state index in [1.165, 1.54) is 10.7 Å². The largest absolute Gasteiger partial charge is 0.466 e. The number of nitrogens with zero attached hydrogens (tertiary/aromatic N) is 3. The molecule has 2 N–H and O–H groups in total. The van der Waals surface area contributed by atoms with Crippen LogP contribution >= 0.6 is 0 Å². The fourth-order valence-corrected chi connectivity index (χ4v) is 2.45. The van der Waals surface area contributed by atoms with Crippen molar-refractivity contribution in [3.05, 3.63) is 57.0 Å². The van der Waals surface area contributed by atoms with Crippen molar-refractivity contribution < 1.29 is 9.21 Å². The quantitative estimate of drug-likeness (QED) is 0.765. The predicted molar refractivity (Wildman–Crippen MR) is 87.6 cm³/mol. The van der Waals surface area contributed by atoms with Gasteiger partial charge in [0.2, 0.25) is 5.95 Å². The second kappa shape index (κ2) is 5.80. The number of nitrogens with one attached hydrogen (secondary N) is 2. The zero-order valence-corrected chi connectivity index (χ0v) is 13.8. The van der Waals surface area contributed by atoms with Crippen molar-refractivity contribution in [2.24, 2.45) is 0 Å². The first-order valence-electron chi connectivity index (χ1n) is 7.37. The SMILES string of the molecule is Cc1cc(=O)[nH]c(-n2nc(C)cc2NC(=O)c2cc(C)oc2C)n1. The minimum atomic E-state index is -0.319. The van der Waals surface area contributed by atoms with Crippen molar-refractivity contribution in [1.29, 1.82) is 0 Å². The summed E-state index contributed by atoms with van der Waals surface area (Å²) < 4.78 is 6.77. The summed E-state index contributed by atoms with van der Waals surface area (Å²) in [5.74, 6) is 1.52. The highest BCUT2D eigenvalue weighted by molar-refractivity contribution is 6.04. The van der Waals surface area contributed by atoms with E-state index in [0.29, 0.717) is 34.3 Å². The number of furan rings is 1. The Morgan fingerprint density at radius 3 is 2.54 bits per heavy atom. The lowest BCUT2D eigenvalue weighted by Gasteiger charge is -2.08. The maximum absolute atomic E-state index is 12.5. The van der Waals surface area contributed by atoms with Gasteiger partial charge in [0.1, 0.15) is 17.3 Å². The Bertz CT molecular complexity index is 980. The van der Waals surface area contributed by atoms with E-state index in [0.717, 1.165) is 0 Å². The third kappa shape index (κ3) is 2.98. The average molecular weight is 327 g/mol. The van der Waals surface area contributed by atoms with Gasteiger partial charge in [0, 0.05) is 17.8 Å². The molecule has 0 radical (unpaired) electrons. The highest BCUT2D eigenvalue weighted by Gasteiger charge is 2.17. The van der Waals surface area contributed by atoms with Crippen molar-refractivity contribution in [2.45, 2.75) is 27.7 Å². The van der Waals surface area contributed by atoms with Gasteiger partial charge < -0.3 is 9.73 Å². The smallest absolute Gasteiger partial charge is 0.260 e. The standard InChI is InChI=1S/C16H17N5O3/c1-8-6-14(22)19-16(17-8)21-13(5-9(2)20-21)18-15(23)12-7-10(3)24-11(12)4/h5-7H,1-4H3,(H,18,23)(H,17,19,22). The van der Waals surface area contributed by atoms with Crippen molar-refractivity contribution >= 4 is 11.7 Å². The van der Waals surface area contributed by atoms with Gasteiger partial charge in [-0.1, -0.05) is 0 Å². The van der Waals surface area contributed by atoms with Crippen LogP contribution in [0.4, 0.5) is 5.82 Å². The molecule has 124 valence electrons. The molecule has 0 unspecified atom stereocenters. The number of hydrogen-bond donors (Lipinski definition) is 2. The third-order valence-electron chi connectivity index (χ3n) is 3.42. The van der Waals surface area contributed by atoms with Crippen LogP contribution in [0.15, 0.2) is 27.4 Å². The first-order valence-corrected chi connectivity index (χ1v) is 7.37. The Balaban J connectivity index is 1.99. The Morgan fingerprint density at radius 1 is 1.17 bits per heavy atom. The van der Waals surface area contributed by atoms with E-state index in [1.54, 1.807) is 39.8 Å². The molecule has 8 nitrogen and oxygen atoms in total. The van der Waals surface area contributed by atoms with Crippen LogP contribution < -0.4 is 10.9 Å². The zero-order valence-electron chi connectivity index (χ0n) is 13.8. The molecule has 0 saturated carbocycles. The lowest BCUT2D eigenvalue weighted by atomic mass is 10.2. The number of carbonyl (C=O) groups is 1. The molecule has 0 saturated heterocycles. The van der Waals surface area contributed by atoms with Crippen LogP contribution in [0.3, 0.4) is 0 Å². The molecule has 1 amide bonds. The normalized spacial score (nSPS) is 10.8. The number of aryl methyl sites for hydroxylation is 4. The summed E-state index contributed by atoms with van der Waals surface area (Å²) in [6.07, 6.45) is 0. The highest BCUT2D eigenvalue weighted by atomic mass is 16.3.